The summed E-state index contributed by atoms with van der Waals surface area (Å²) in [5.41, 5.74) is 2.23. The molecule has 0 atom stereocenters. The maximum atomic E-state index is 12.3. The fourth-order valence-corrected chi connectivity index (χ4v) is 2.56. The zero-order chi connectivity index (χ0) is 18.6. The number of benzene rings is 1. The maximum Gasteiger partial charge on any atom is 0.340 e. The Balaban J connectivity index is 2.55. The van der Waals surface area contributed by atoms with E-state index in [1.54, 1.807) is 55.8 Å². The maximum absolute atomic E-state index is 12.3. The van der Waals surface area contributed by atoms with Crippen LogP contribution in [0.2, 0.25) is 0 Å². The van der Waals surface area contributed by atoms with Gasteiger partial charge in [0.15, 0.2) is 5.78 Å². The van der Waals surface area contributed by atoms with Gasteiger partial charge in [0, 0.05) is 23.1 Å². The molecule has 0 amide bonds. The Morgan fingerprint density at radius 1 is 0.960 bits per heavy atom. The molecular formula is C19H21NO5. The first kappa shape index (κ1) is 18.4. The molecule has 6 heteroatoms. The summed E-state index contributed by atoms with van der Waals surface area (Å²) in [6.45, 7) is 7.04. The smallest absolute Gasteiger partial charge is 0.340 e. The van der Waals surface area contributed by atoms with Gasteiger partial charge in [0.25, 0.3) is 0 Å². The highest BCUT2D eigenvalue weighted by atomic mass is 16.5. The molecule has 0 aliphatic heterocycles. The molecule has 0 aliphatic rings. The number of hydrogen-bond donors (Lipinski definition) is 0. The predicted molar refractivity (Wildman–Crippen MR) is 92.4 cm³/mol. The van der Waals surface area contributed by atoms with Crippen LogP contribution in [0.25, 0.3) is 5.69 Å². The van der Waals surface area contributed by atoms with Crippen LogP contribution in [0.5, 0.6) is 0 Å². The number of ketones is 1. The summed E-state index contributed by atoms with van der Waals surface area (Å²) < 4.78 is 11.8. The molecule has 0 aliphatic carbocycles. The second kappa shape index (κ2) is 7.79. The van der Waals surface area contributed by atoms with Crippen molar-refractivity contribution in [2.75, 3.05) is 13.2 Å². The third kappa shape index (κ3) is 3.79. The van der Waals surface area contributed by atoms with E-state index in [2.05, 4.69) is 0 Å². The summed E-state index contributed by atoms with van der Waals surface area (Å²) in [5.74, 6) is -1.18. The molecule has 1 aromatic carbocycles. The van der Waals surface area contributed by atoms with Crippen LogP contribution in [0.15, 0.2) is 30.5 Å². The highest BCUT2D eigenvalue weighted by molar-refractivity contribution is 6.04. The van der Waals surface area contributed by atoms with Gasteiger partial charge in [-0.15, -0.1) is 0 Å². The Morgan fingerprint density at radius 2 is 1.52 bits per heavy atom. The fraction of sp³-hybridized carbons (Fsp3) is 0.316. The third-order valence-corrected chi connectivity index (χ3v) is 3.78. The van der Waals surface area contributed by atoms with E-state index in [0.717, 1.165) is 5.69 Å². The van der Waals surface area contributed by atoms with E-state index in [4.69, 9.17) is 9.47 Å². The zero-order valence-corrected chi connectivity index (χ0v) is 14.8. The standard InChI is InChI=1S/C19H21NO5/c1-5-24-18(22)16-11-20(12(3)17(16)19(23)25-6-2)15-9-7-14(8-10-15)13(4)21/h7-11H,5-6H2,1-4H3. The number of rotatable bonds is 6. The third-order valence-electron chi connectivity index (χ3n) is 3.78. The van der Waals surface area contributed by atoms with Crippen molar-refractivity contribution in [2.45, 2.75) is 27.7 Å². The van der Waals surface area contributed by atoms with E-state index in [-0.39, 0.29) is 30.1 Å². The first-order valence-electron chi connectivity index (χ1n) is 8.08. The van der Waals surface area contributed by atoms with E-state index in [1.807, 2.05) is 0 Å². The lowest BCUT2D eigenvalue weighted by Crippen LogP contribution is -2.13. The predicted octanol–water partition coefficient (Wildman–Crippen LogP) is 3.34. The SMILES string of the molecule is CCOC(=O)c1cn(-c2ccc(C(C)=O)cc2)c(C)c1C(=O)OCC. The van der Waals surface area contributed by atoms with E-state index >= 15 is 0 Å². The monoisotopic (exact) mass is 343 g/mol. The van der Waals surface area contributed by atoms with Crippen LogP contribution in [0.4, 0.5) is 0 Å². The second-order valence-electron chi connectivity index (χ2n) is 5.42. The van der Waals surface area contributed by atoms with Crippen molar-refractivity contribution in [3.8, 4) is 5.69 Å². The summed E-state index contributed by atoms with van der Waals surface area (Å²) >= 11 is 0. The molecule has 1 heterocycles. The van der Waals surface area contributed by atoms with Crippen molar-refractivity contribution < 1.29 is 23.9 Å². The van der Waals surface area contributed by atoms with Gasteiger partial charge < -0.3 is 14.0 Å². The Kier molecular flexibility index (Phi) is 5.75. The van der Waals surface area contributed by atoms with Crippen LogP contribution in [-0.4, -0.2) is 35.5 Å². The molecule has 132 valence electrons. The fourth-order valence-electron chi connectivity index (χ4n) is 2.56. The average molecular weight is 343 g/mol. The molecule has 1 aromatic heterocycles. The summed E-state index contributed by atoms with van der Waals surface area (Å²) in [7, 11) is 0. The quantitative estimate of drug-likeness (QED) is 0.594. The van der Waals surface area contributed by atoms with Crippen LogP contribution >= 0.6 is 0 Å². The van der Waals surface area contributed by atoms with Gasteiger partial charge in [-0.2, -0.15) is 0 Å². The van der Waals surface area contributed by atoms with Crippen molar-refractivity contribution in [2.24, 2.45) is 0 Å². The topological polar surface area (TPSA) is 74.6 Å². The molecule has 2 aromatic rings. The number of carbonyl (C=O) groups is 3. The molecule has 0 unspecified atom stereocenters. The van der Waals surface area contributed by atoms with Gasteiger partial charge in [-0.05, 0) is 52.0 Å². The number of ether oxygens (including phenoxy) is 2. The normalized spacial score (nSPS) is 10.4. The van der Waals surface area contributed by atoms with Gasteiger partial charge >= 0.3 is 11.9 Å². The van der Waals surface area contributed by atoms with E-state index in [1.165, 1.54) is 6.92 Å². The van der Waals surface area contributed by atoms with Crippen molar-refractivity contribution in [3.63, 3.8) is 0 Å². The highest BCUT2D eigenvalue weighted by Crippen LogP contribution is 2.24. The van der Waals surface area contributed by atoms with Crippen molar-refractivity contribution in [1.29, 1.82) is 0 Å². The molecule has 0 N–H and O–H groups in total. The van der Waals surface area contributed by atoms with Gasteiger partial charge in [-0.1, -0.05) is 0 Å². The Bertz CT molecular complexity index is 802. The summed E-state index contributed by atoms with van der Waals surface area (Å²) in [6, 6.07) is 6.91. The van der Waals surface area contributed by atoms with E-state index < -0.39 is 11.9 Å². The van der Waals surface area contributed by atoms with E-state index in [9.17, 15) is 14.4 Å². The molecular weight excluding hydrogens is 322 g/mol. The lowest BCUT2D eigenvalue weighted by Gasteiger charge is -2.08. The average Bonchev–Trinajstić information content (AvgIpc) is 2.93. The lowest BCUT2D eigenvalue weighted by molar-refractivity contribution is 0.0479. The largest absolute Gasteiger partial charge is 0.462 e. The molecule has 0 bridgehead atoms. The van der Waals surface area contributed by atoms with E-state index in [0.29, 0.717) is 11.3 Å². The van der Waals surface area contributed by atoms with Gasteiger partial charge in [0.05, 0.1) is 24.3 Å². The highest BCUT2D eigenvalue weighted by Gasteiger charge is 2.26. The van der Waals surface area contributed by atoms with Crippen LogP contribution in [0.1, 0.15) is 57.5 Å². The Labute approximate surface area is 146 Å². The van der Waals surface area contributed by atoms with Crippen LogP contribution in [0.3, 0.4) is 0 Å². The number of nitrogens with zero attached hydrogens (tertiary/aromatic N) is 1. The Morgan fingerprint density at radius 3 is 2.04 bits per heavy atom. The molecule has 0 fully saturated rings. The molecule has 2 rings (SSSR count). The molecule has 0 radical (unpaired) electrons. The number of carbonyl (C=O) groups excluding carboxylic acids is 3. The van der Waals surface area contributed by atoms with Crippen LogP contribution < -0.4 is 0 Å². The van der Waals surface area contributed by atoms with Crippen molar-refractivity contribution in [1.82, 2.24) is 4.57 Å². The number of hydrogen-bond acceptors (Lipinski definition) is 5. The van der Waals surface area contributed by atoms with Crippen molar-refractivity contribution >= 4 is 17.7 Å². The molecule has 0 saturated carbocycles. The minimum atomic E-state index is -0.576. The summed E-state index contributed by atoms with van der Waals surface area (Å²) in [5, 5.41) is 0. The molecule has 0 spiro atoms. The minimum absolute atomic E-state index is 0.0322. The number of aromatic nitrogens is 1. The first-order valence-corrected chi connectivity index (χ1v) is 8.08. The summed E-state index contributed by atoms with van der Waals surface area (Å²) in [6.07, 6.45) is 1.56. The van der Waals surface area contributed by atoms with Gasteiger partial charge in [-0.25, -0.2) is 9.59 Å². The molecule has 6 nitrogen and oxygen atoms in total. The molecule has 25 heavy (non-hydrogen) atoms. The second-order valence-corrected chi connectivity index (χ2v) is 5.42. The minimum Gasteiger partial charge on any atom is -0.462 e. The Hall–Kier alpha value is -2.89. The number of esters is 2. The van der Waals surface area contributed by atoms with Crippen LogP contribution in [-0.2, 0) is 9.47 Å². The molecule has 0 saturated heterocycles. The lowest BCUT2D eigenvalue weighted by atomic mass is 10.1. The van der Waals surface area contributed by atoms with Gasteiger partial charge in [0.2, 0.25) is 0 Å². The van der Waals surface area contributed by atoms with Crippen molar-refractivity contribution in [3.05, 3.63) is 52.8 Å². The summed E-state index contributed by atoms with van der Waals surface area (Å²) in [4.78, 5) is 35.9. The van der Waals surface area contributed by atoms with Crippen LogP contribution in [0, 0.1) is 6.92 Å². The number of Topliss-reactive ketones (excluding diaryl/α,β-unsaturated/α-hetero) is 1. The first-order chi connectivity index (χ1) is 11.9. The van der Waals surface area contributed by atoms with Gasteiger partial charge in [-0.3, -0.25) is 4.79 Å². The van der Waals surface area contributed by atoms with Gasteiger partial charge in [0.1, 0.15) is 0 Å². The zero-order valence-electron chi connectivity index (χ0n) is 14.8.